The van der Waals surface area contributed by atoms with E-state index < -0.39 is 5.60 Å². The van der Waals surface area contributed by atoms with E-state index in [1.807, 2.05) is 40.7 Å². The Balaban J connectivity index is 1.54. The zero-order chi connectivity index (χ0) is 21.9. The van der Waals surface area contributed by atoms with E-state index >= 15 is 0 Å². The molecule has 1 fully saturated rings. The molecule has 1 atom stereocenters. The zero-order valence-electron chi connectivity index (χ0n) is 18.4. The number of ether oxygens (including phenoxy) is 1. The smallest absolute Gasteiger partial charge is 0.410 e. The molecule has 1 aliphatic rings. The number of rotatable bonds is 4. The van der Waals surface area contributed by atoms with Gasteiger partial charge in [-0.3, -0.25) is 4.79 Å². The molecular formula is C22H31N5O3. The van der Waals surface area contributed by atoms with Crippen LogP contribution in [0, 0.1) is 19.8 Å². The van der Waals surface area contributed by atoms with Crippen LogP contribution < -0.4 is 5.32 Å². The van der Waals surface area contributed by atoms with Gasteiger partial charge in [-0.25, -0.2) is 14.5 Å². The first kappa shape index (κ1) is 21.8. The maximum absolute atomic E-state index is 12.5. The van der Waals surface area contributed by atoms with E-state index in [1.54, 1.807) is 27.9 Å². The van der Waals surface area contributed by atoms with Gasteiger partial charge in [0.15, 0.2) is 5.82 Å². The number of nitrogens with zero attached hydrogens (tertiary/aromatic N) is 4. The van der Waals surface area contributed by atoms with Crippen LogP contribution in [0.25, 0.3) is 5.82 Å². The predicted octanol–water partition coefficient (Wildman–Crippen LogP) is 3.26. The minimum Gasteiger partial charge on any atom is -0.444 e. The van der Waals surface area contributed by atoms with Crippen molar-refractivity contribution in [3.63, 3.8) is 0 Å². The van der Waals surface area contributed by atoms with E-state index in [0.29, 0.717) is 31.0 Å². The number of pyridine rings is 1. The second-order valence-electron chi connectivity index (χ2n) is 8.89. The molecule has 2 aromatic rings. The summed E-state index contributed by atoms with van der Waals surface area (Å²) in [5.74, 6) is 0.714. The van der Waals surface area contributed by atoms with Gasteiger partial charge in [-0.05, 0) is 71.6 Å². The fourth-order valence-electron chi connectivity index (χ4n) is 3.57. The summed E-state index contributed by atoms with van der Waals surface area (Å²) in [4.78, 5) is 30.9. The predicted molar refractivity (Wildman–Crippen MR) is 114 cm³/mol. The van der Waals surface area contributed by atoms with Gasteiger partial charge in [0.05, 0.1) is 11.3 Å². The topological polar surface area (TPSA) is 89.4 Å². The molecule has 162 valence electrons. The summed E-state index contributed by atoms with van der Waals surface area (Å²) < 4.78 is 7.22. The molecule has 2 aromatic heterocycles. The number of hydrogen-bond donors (Lipinski definition) is 1. The molecule has 8 heteroatoms. The van der Waals surface area contributed by atoms with Gasteiger partial charge in [0.25, 0.3) is 5.91 Å². The van der Waals surface area contributed by atoms with Crippen LogP contribution in [0.15, 0.2) is 24.4 Å². The Bertz CT molecular complexity index is 898. The van der Waals surface area contributed by atoms with Crippen LogP contribution in [-0.2, 0) is 4.74 Å². The Morgan fingerprint density at radius 3 is 2.63 bits per heavy atom. The number of aryl methyl sites for hydroxylation is 2. The number of aromatic nitrogens is 3. The van der Waals surface area contributed by atoms with E-state index in [2.05, 4.69) is 15.4 Å². The lowest BCUT2D eigenvalue weighted by Gasteiger charge is -2.34. The molecule has 0 aliphatic carbocycles. The van der Waals surface area contributed by atoms with Gasteiger partial charge < -0.3 is 15.0 Å². The van der Waals surface area contributed by atoms with E-state index in [4.69, 9.17) is 4.74 Å². The Morgan fingerprint density at radius 2 is 2.03 bits per heavy atom. The molecule has 3 heterocycles. The van der Waals surface area contributed by atoms with Crippen molar-refractivity contribution in [2.45, 2.75) is 53.1 Å². The lowest BCUT2D eigenvalue weighted by molar-refractivity contribution is 0.0167. The van der Waals surface area contributed by atoms with Crippen LogP contribution in [0.1, 0.15) is 55.4 Å². The Kier molecular flexibility index (Phi) is 6.43. The molecule has 2 amide bonds. The monoisotopic (exact) mass is 413 g/mol. The number of likely N-dealkylation sites (tertiary alicyclic amines) is 1. The van der Waals surface area contributed by atoms with Gasteiger partial charge in [0.1, 0.15) is 5.60 Å². The molecule has 1 saturated heterocycles. The van der Waals surface area contributed by atoms with Crippen LogP contribution in [0.4, 0.5) is 4.79 Å². The second-order valence-corrected chi connectivity index (χ2v) is 8.89. The van der Waals surface area contributed by atoms with Gasteiger partial charge in [-0.15, -0.1) is 0 Å². The van der Waals surface area contributed by atoms with Crippen molar-refractivity contribution in [3.8, 4) is 5.82 Å². The molecule has 1 N–H and O–H groups in total. The van der Waals surface area contributed by atoms with Crippen molar-refractivity contribution < 1.29 is 14.3 Å². The minimum absolute atomic E-state index is 0.170. The van der Waals surface area contributed by atoms with Crippen LogP contribution in [0.5, 0.6) is 0 Å². The first-order valence-electron chi connectivity index (χ1n) is 10.4. The third-order valence-electron chi connectivity index (χ3n) is 4.96. The van der Waals surface area contributed by atoms with Crippen molar-refractivity contribution in [1.29, 1.82) is 0 Å². The number of hydrogen-bond acceptors (Lipinski definition) is 5. The van der Waals surface area contributed by atoms with Gasteiger partial charge in [-0.1, -0.05) is 0 Å². The first-order valence-corrected chi connectivity index (χ1v) is 10.4. The number of carbonyl (C=O) groups excluding carboxylic acids is 2. The third-order valence-corrected chi connectivity index (χ3v) is 4.96. The van der Waals surface area contributed by atoms with Crippen molar-refractivity contribution in [2.24, 2.45) is 5.92 Å². The van der Waals surface area contributed by atoms with E-state index in [9.17, 15) is 9.59 Å². The summed E-state index contributed by atoms with van der Waals surface area (Å²) in [5, 5.41) is 7.38. The molecule has 0 radical (unpaired) electrons. The van der Waals surface area contributed by atoms with E-state index in [0.717, 1.165) is 24.2 Å². The Labute approximate surface area is 177 Å². The molecule has 0 spiro atoms. The molecule has 3 rings (SSSR count). The molecule has 0 saturated carbocycles. The highest BCUT2D eigenvalue weighted by Gasteiger charge is 2.27. The standard InChI is InChI=1S/C22H31N5O3/c1-15-11-16(2)27(25-15)19-9-8-18(13-23-19)20(28)24-12-17-7-6-10-26(14-17)21(29)30-22(3,4)5/h8-9,11,13,17H,6-7,10,12,14H2,1-5H3,(H,24,28). The second kappa shape index (κ2) is 8.85. The summed E-state index contributed by atoms with van der Waals surface area (Å²) in [5.41, 5.74) is 1.90. The van der Waals surface area contributed by atoms with Crippen molar-refractivity contribution >= 4 is 12.0 Å². The van der Waals surface area contributed by atoms with Gasteiger partial charge in [0, 0.05) is 31.5 Å². The van der Waals surface area contributed by atoms with Crippen molar-refractivity contribution in [1.82, 2.24) is 25.0 Å². The Hall–Kier alpha value is -2.90. The lowest BCUT2D eigenvalue weighted by Crippen LogP contribution is -2.45. The molecule has 1 aliphatic heterocycles. The quantitative estimate of drug-likeness (QED) is 0.831. The molecule has 1 unspecified atom stereocenters. The number of piperidine rings is 1. The highest BCUT2D eigenvalue weighted by molar-refractivity contribution is 5.93. The Morgan fingerprint density at radius 1 is 1.27 bits per heavy atom. The summed E-state index contributed by atoms with van der Waals surface area (Å²) >= 11 is 0. The number of nitrogens with one attached hydrogen (secondary N) is 1. The summed E-state index contributed by atoms with van der Waals surface area (Å²) in [7, 11) is 0. The van der Waals surface area contributed by atoms with E-state index in [1.165, 1.54) is 0 Å². The summed E-state index contributed by atoms with van der Waals surface area (Å²) in [6.45, 7) is 11.3. The SMILES string of the molecule is Cc1cc(C)n(-c2ccc(C(=O)NCC3CCCN(C(=O)OC(C)(C)C)C3)cn2)n1. The lowest BCUT2D eigenvalue weighted by atomic mass is 9.98. The normalized spacial score (nSPS) is 17.0. The average Bonchev–Trinajstić information content (AvgIpc) is 3.03. The highest BCUT2D eigenvalue weighted by Crippen LogP contribution is 2.19. The molecule has 0 bridgehead atoms. The average molecular weight is 414 g/mol. The number of amides is 2. The van der Waals surface area contributed by atoms with Crippen LogP contribution in [-0.4, -0.2) is 56.9 Å². The third kappa shape index (κ3) is 5.58. The molecule has 0 aromatic carbocycles. The van der Waals surface area contributed by atoms with Gasteiger partial charge in [0.2, 0.25) is 0 Å². The molecule has 30 heavy (non-hydrogen) atoms. The fourth-order valence-corrected chi connectivity index (χ4v) is 3.57. The van der Waals surface area contributed by atoms with Gasteiger partial charge in [-0.2, -0.15) is 5.10 Å². The highest BCUT2D eigenvalue weighted by atomic mass is 16.6. The minimum atomic E-state index is -0.509. The van der Waals surface area contributed by atoms with Crippen LogP contribution >= 0.6 is 0 Å². The summed E-state index contributed by atoms with van der Waals surface area (Å²) in [6, 6.07) is 5.52. The molecular weight excluding hydrogens is 382 g/mol. The largest absolute Gasteiger partial charge is 0.444 e. The zero-order valence-corrected chi connectivity index (χ0v) is 18.4. The van der Waals surface area contributed by atoms with Crippen LogP contribution in [0.3, 0.4) is 0 Å². The van der Waals surface area contributed by atoms with Gasteiger partial charge >= 0.3 is 6.09 Å². The maximum atomic E-state index is 12.5. The fraction of sp³-hybridized carbons (Fsp3) is 0.545. The summed E-state index contributed by atoms with van der Waals surface area (Å²) in [6.07, 6.45) is 3.14. The van der Waals surface area contributed by atoms with Crippen molar-refractivity contribution in [2.75, 3.05) is 19.6 Å². The maximum Gasteiger partial charge on any atom is 0.410 e. The van der Waals surface area contributed by atoms with E-state index in [-0.39, 0.29) is 17.9 Å². The number of carbonyl (C=O) groups is 2. The molecule has 8 nitrogen and oxygen atoms in total. The van der Waals surface area contributed by atoms with Crippen molar-refractivity contribution in [3.05, 3.63) is 41.3 Å². The first-order chi connectivity index (χ1) is 14.1. The van der Waals surface area contributed by atoms with Crippen LogP contribution in [0.2, 0.25) is 0 Å².